The topological polar surface area (TPSA) is 58.1 Å². The van der Waals surface area contributed by atoms with Crippen molar-refractivity contribution in [3.8, 4) is 11.5 Å². The van der Waals surface area contributed by atoms with Gasteiger partial charge in [0, 0.05) is 37.8 Å². The number of guanidine groups is 1. The van der Waals surface area contributed by atoms with Gasteiger partial charge in [-0.05, 0) is 62.2 Å². The van der Waals surface area contributed by atoms with Crippen LogP contribution in [0.2, 0.25) is 0 Å². The molecule has 0 saturated carbocycles. The minimum Gasteiger partial charge on any atom is -0.490 e. The number of hydrogen-bond donors (Lipinski definition) is 2. The molecule has 1 fully saturated rings. The van der Waals surface area contributed by atoms with E-state index < -0.39 is 0 Å². The molecule has 2 heterocycles. The third-order valence-corrected chi connectivity index (χ3v) is 5.60. The molecule has 6 nitrogen and oxygen atoms in total. The zero-order valence-corrected chi connectivity index (χ0v) is 20.8. The molecule has 1 unspecified atom stereocenters. The lowest BCUT2D eigenvalue weighted by molar-refractivity contribution is 0.297. The monoisotopic (exact) mass is 554 g/mol. The van der Waals surface area contributed by atoms with E-state index in [-0.39, 0.29) is 29.8 Å². The minimum atomic E-state index is -0.206. The van der Waals surface area contributed by atoms with Gasteiger partial charge in [0.25, 0.3) is 0 Å². The Morgan fingerprint density at radius 1 is 1.16 bits per heavy atom. The zero-order valence-electron chi connectivity index (χ0n) is 18.5. The Labute approximate surface area is 206 Å². The molecule has 4 rings (SSSR count). The summed E-state index contributed by atoms with van der Waals surface area (Å²) in [5, 5.41) is 6.79. The summed E-state index contributed by atoms with van der Waals surface area (Å²) in [7, 11) is 2.15. The molecule has 0 aliphatic carbocycles. The molecule has 2 aliphatic heterocycles. The van der Waals surface area contributed by atoms with Crippen molar-refractivity contribution < 1.29 is 13.9 Å². The van der Waals surface area contributed by atoms with E-state index in [1.165, 1.54) is 12.5 Å². The van der Waals surface area contributed by atoms with E-state index >= 15 is 0 Å². The van der Waals surface area contributed by atoms with Crippen molar-refractivity contribution in [1.29, 1.82) is 0 Å². The van der Waals surface area contributed by atoms with Crippen molar-refractivity contribution in [2.45, 2.75) is 19.3 Å². The lowest BCUT2D eigenvalue weighted by atomic mass is 10.1. The first-order valence-corrected chi connectivity index (χ1v) is 11.0. The summed E-state index contributed by atoms with van der Waals surface area (Å²) < 4.78 is 25.0. The van der Waals surface area contributed by atoms with Crippen LogP contribution < -0.4 is 20.1 Å². The van der Waals surface area contributed by atoms with Crippen LogP contribution in [0.5, 0.6) is 11.5 Å². The minimum absolute atomic E-state index is 0. The summed E-state index contributed by atoms with van der Waals surface area (Å²) in [5.74, 6) is 2.60. The summed E-state index contributed by atoms with van der Waals surface area (Å²) in [6, 6.07) is 12.6. The fourth-order valence-electron chi connectivity index (χ4n) is 3.93. The van der Waals surface area contributed by atoms with Crippen LogP contribution >= 0.6 is 24.0 Å². The van der Waals surface area contributed by atoms with Crippen LogP contribution in [0.3, 0.4) is 0 Å². The Kier molecular flexibility index (Phi) is 9.40. The number of aliphatic imine (C=N–C) groups is 1. The second kappa shape index (κ2) is 12.2. The molecule has 1 saturated heterocycles. The van der Waals surface area contributed by atoms with E-state index in [0.29, 0.717) is 32.1 Å². The van der Waals surface area contributed by atoms with E-state index in [0.717, 1.165) is 54.8 Å². The van der Waals surface area contributed by atoms with Crippen LogP contribution in [0.15, 0.2) is 47.5 Å². The van der Waals surface area contributed by atoms with Gasteiger partial charge in [-0.25, -0.2) is 4.39 Å². The molecule has 0 bridgehead atoms. The van der Waals surface area contributed by atoms with Crippen LogP contribution in [-0.4, -0.2) is 57.3 Å². The summed E-state index contributed by atoms with van der Waals surface area (Å²) in [6.07, 6.45) is 2.76. The van der Waals surface area contributed by atoms with Crippen molar-refractivity contribution >= 4 is 35.6 Å². The molecule has 2 N–H and O–H groups in total. The van der Waals surface area contributed by atoms with Crippen LogP contribution in [0, 0.1) is 11.7 Å². The smallest absolute Gasteiger partial charge is 0.195 e. The molecular formula is C24H32FIN4O2. The molecule has 1 atom stereocenters. The Morgan fingerprint density at radius 3 is 2.78 bits per heavy atom. The highest BCUT2D eigenvalue weighted by Gasteiger charge is 2.19. The van der Waals surface area contributed by atoms with Gasteiger partial charge < -0.3 is 25.0 Å². The number of rotatable bonds is 6. The summed E-state index contributed by atoms with van der Waals surface area (Å²) >= 11 is 0. The number of nitrogens with one attached hydrogen (secondary N) is 2. The quantitative estimate of drug-likeness (QED) is 0.319. The molecule has 8 heteroatoms. The normalized spacial score (nSPS) is 18.6. The van der Waals surface area contributed by atoms with Gasteiger partial charge in [-0.3, -0.25) is 4.99 Å². The van der Waals surface area contributed by atoms with Gasteiger partial charge in [0.05, 0.1) is 13.2 Å². The maximum atomic E-state index is 13.4. The van der Waals surface area contributed by atoms with Gasteiger partial charge in [-0.1, -0.05) is 12.1 Å². The Hall–Kier alpha value is -2.07. The van der Waals surface area contributed by atoms with E-state index in [9.17, 15) is 4.39 Å². The zero-order chi connectivity index (χ0) is 21.5. The highest BCUT2D eigenvalue weighted by Crippen LogP contribution is 2.32. The molecule has 0 spiro atoms. The molecule has 0 aromatic heterocycles. The first kappa shape index (κ1) is 24.6. The second-order valence-corrected chi connectivity index (χ2v) is 8.25. The van der Waals surface area contributed by atoms with E-state index in [1.54, 1.807) is 12.1 Å². The first-order chi connectivity index (χ1) is 15.2. The van der Waals surface area contributed by atoms with E-state index in [4.69, 9.17) is 14.5 Å². The maximum absolute atomic E-state index is 13.4. The lowest BCUT2D eigenvalue weighted by Gasteiger charge is -2.16. The maximum Gasteiger partial charge on any atom is 0.195 e. The van der Waals surface area contributed by atoms with Crippen LogP contribution in [0.25, 0.3) is 0 Å². The van der Waals surface area contributed by atoms with Gasteiger partial charge in [0.1, 0.15) is 5.82 Å². The van der Waals surface area contributed by atoms with Crippen molar-refractivity contribution in [2.24, 2.45) is 10.9 Å². The number of hydrogen-bond acceptors (Lipinski definition) is 4. The number of benzene rings is 2. The van der Waals surface area contributed by atoms with E-state index in [1.807, 2.05) is 24.3 Å². The average Bonchev–Trinajstić information content (AvgIpc) is 3.03. The van der Waals surface area contributed by atoms with Gasteiger partial charge in [-0.15, -0.1) is 24.0 Å². The number of anilines is 1. The largest absolute Gasteiger partial charge is 0.490 e. The predicted molar refractivity (Wildman–Crippen MR) is 137 cm³/mol. The molecule has 0 radical (unpaired) electrons. The number of likely N-dealkylation sites (tertiary alicyclic amines) is 1. The molecule has 2 aliphatic rings. The van der Waals surface area contributed by atoms with Crippen molar-refractivity contribution in [1.82, 2.24) is 10.2 Å². The average molecular weight is 554 g/mol. The lowest BCUT2D eigenvalue weighted by Crippen LogP contribution is -2.33. The van der Waals surface area contributed by atoms with Crippen molar-refractivity contribution in [3.63, 3.8) is 0 Å². The van der Waals surface area contributed by atoms with Gasteiger partial charge >= 0.3 is 0 Å². The third kappa shape index (κ3) is 7.23. The predicted octanol–water partition coefficient (Wildman–Crippen LogP) is 4.16. The number of ether oxygens (including phenoxy) is 2. The second-order valence-electron chi connectivity index (χ2n) is 8.25. The Bertz CT molecular complexity index is 911. The SMILES string of the molecule is CN1CCC(CN=C(NCCc2cccc(F)c2)Nc2ccc3c(c2)OCCCO3)C1.I. The number of fused-ring (bicyclic) bond motifs is 1. The third-order valence-electron chi connectivity index (χ3n) is 5.60. The Morgan fingerprint density at radius 2 is 2.00 bits per heavy atom. The molecule has 2 aromatic rings. The summed E-state index contributed by atoms with van der Waals surface area (Å²) in [6.45, 7) is 4.94. The standard InChI is InChI=1S/C24H31FN4O2.HI/c1-29-11-9-19(17-29)16-27-24(26-10-8-18-4-2-5-20(25)14-18)28-21-6-7-22-23(15-21)31-13-3-12-30-22;/h2,4-7,14-15,19H,3,8-13,16-17H2,1H3,(H2,26,27,28);1H. The molecule has 174 valence electrons. The highest BCUT2D eigenvalue weighted by molar-refractivity contribution is 14.0. The Balaban J connectivity index is 0.00000289. The highest BCUT2D eigenvalue weighted by atomic mass is 127. The van der Waals surface area contributed by atoms with Gasteiger partial charge in [0.15, 0.2) is 17.5 Å². The van der Waals surface area contributed by atoms with Crippen LogP contribution in [0.1, 0.15) is 18.4 Å². The molecular weight excluding hydrogens is 522 g/mol. The molecule has 0 amide bonds. The summed E-state index contributed by atoms with van der Waals surface area (Å²) in [5.41, 5.74) is 1.85. The first-order valence-electron chi connectivity index (χ1n) is 11.0. The van der Waals surface area contributed by atoms with Crippen LogP contribution in [0.4, 0.5) is 10.1 Å². The summed E-state index contributed by atoms with van der Waals surface area (Å²) in [4.78, 5) is 7.18. The van der Waals surface area contributed by atoms with E-state index in [2.05, 4.69) is 22.6 Å². The fourth-order valence-corrected chi connectivity index (χ4v) is 3.93. The van der Waals surface area contributed by atoms with Crippen LogP contribution in [-0.2, 0) is 6.42 Å². The fraction of sp³-hybridized carbons (Fsp3) is 0.458. The van der Waals surface area contributed by atoms with Gasteiger partial charge in [0.2, 0.25) is 0 Å². The number of halogens is 2. The van der Waals surface area contributed by atoms with Crippen molar-refractivity contribution in [3.05, 3.63) is 53.8 Å². The molecule has 32 heavy (non-hydrogen) atoms. The van der Waals surface area contributed by atoms with Crippen molar-refractivity contribution in [2.75, 3.05) is 51.8 Å². The number of nitrogens with zero attached hydrogens (tertiary/aromatic N) is 2. The van der Waals surface area contributed by atoms with Gasteiger partial charge in [-0.2, -0.15) is 0 Å². The molecule has 2 aromatic carbocycles.